The van der Waals surface area contributed by atoms with Crippen molar-refractivity contribution in [3.63, 3.8) is 0 Å². The smallest absolute Gasteiger partial charge is 0.387 e. The van der Waals surface area contributed by atoms with Crippen LogP contribution in [-0.4, -0.2) is 38.8 Å². The molecule has 2 aromatic rings. The van der Waals surface area contributed by atoms with Crippen LogP contribution in [0.4, 0.5) is 14.5 Å². The van der Waals surface area contributed by atoms with Crippen LogP contribution >= 0.6 is 0 Å². The van der Waals surface area contributed by atoms with E-state index >= 15 is 0 Å². The number of methoxy groups -OCH3 is 3. The van der Waals surface area contributed by atoms with E-state index in [1.54, 1.807) is 0 Å². The van der Waals surface area contributed by atoms with Crippen LogP contribution in [0, 0.1) is 10.1 Å². The van der Waals surface area contributed by atoms with Crippen molar-refractivity contribution in [2.24, 2.45) is 0 Å². The fraction of sp³-hybridized carbons (Fsp3) is 0.278. The summed E-state index contributed by atoms with van der Waals surface area (Å²) in [4.78, 5) is 22.9. The fourth-order valence-electron chi connectivity index (χ4n) is 2.40. The molecule has 0 spiro atoms. The van der Waals surface area contributed by atoms with Crippen molar-refractivity contribution in [2.75, 3.05) is 21.3 Å². The molecule has 29 heavy (non-hydrogen) atoms. The molecule has 0 aliphatic rings. The summed E-state index contributed by atoms with van der Waals surface area (Å²) in [7, 11) is 3.87. The second-order valence-electron chi connectivity index (χ2n) is 5.42. The molecule has 0 heterocycles. The molecule has 0 bridgehead atoms. The molecule has 2 aromatic carbocycles. The lowest BCUT2D eigenvalue weighted by Crippen LogP contribution is -2.09. The highest BCUT2D eigenvalue weighted by molar-refractivity contribution is 5.95. The Morgan fingerprint density at radius 2 is 1.59 bits per heavy atom. The lowest BCUT2D eigenvalue weighted by molar-refractivity contribution is -0.385. The summed E-state index contributed by atoms with van der Waals surface area (Å²) in [5.74, 6) is -0.969. The fourth-order valence-corrected chi connectivity index (χ4v) is 2.40. The first-order valence-electron chi connectivity index (χ1n) is 8.00. The van der Waals surface area contributed by atoms with Gasteiger partial charge in [-0.05, 0) is 17.7 Å². The zero-order valence-electron chi connectivity index (χ0n) is 15.6. The maximum absolute atomic E-state index is 12.4. The van der Waals surface area contributed by atoms with Gasteiger partial charge in [-0.2, -0.15) is 8.78 Å². The van der Waals surface area contributed by atoms with Crippen LogP contribution < -0.4 is 18.9 Å². The van der Waals surface area contributed by atoms with Gasteiger partial charge in [0.15, 0.2) is 23.0 Å². The predicted octanol–water partition coefficient (Wildman–Crippen LogP) is 3.58. The standard InChI is InChI=1S/C18H17F2NO8/c1-25-14-6-10(4-5-13(14)29-18(19)20)9-28-17(22)11-7-15(26-2)16(27-3)8-12(11)21(23)24/h4-8,18H,9H2,1-3H3. The molecule has 0 aromatic heterocycles. The second kappa shape index (κ2) is 9.53. The van der Waals surface area contributed by atoms with Gasteiger partial charge in [0.25, 0.3) is 5.69 Å². The molecule has 0 N–H and O–H groups in total. The van der Waals surface area contributed by atoms with Crippen LogP contribution in [0.2, 0.25) is 0 Å². The van der Waals surface area contributed by atoms with Crippen LogP contribution in [0.5, 0.6) is 23.0 Å². The minimum Gasteiger partial charge on any atom is -0.493 e. The Kier molecular flexibility index (Phi) is 7.12. The number of rotatable bonds is 9. The zero-order valence-corrected chi connectivity index (χ0v) is 15.6. The molecule has 9 nitrogen and oxygen atoms in total. The molecule has 0 atom stereocenters. The third kappa shape index (κ3) is 5.21. The number of carbonyl (C=O) groups excluding carboxylic acids is 1. The summed E-state index contributed by atoms with van der Waals surface area (Å²) < 4.78 is 49.2. The van der Waals surface area contributed by atoms with Gasteiger partial charge in [-0.15, -0.1) is 0 Å². The Labute approximate surface area is 163 Å². The Morgan fingerprint density at radius 1 is 1.00 bits per heavy atom. The molecule has 156 valence electrons. The van der Waals surface area contributed by atoms with Crippen LogP contribution in [0.3, 0.4) is 0 Å². The third-order valence-corrected chi connectivity index (χ3v) is 3.73. The molecular formula is C18H17F2NO8. The minimum atomic E-state index is -3.03. The van der Waals surface area contributed by atoms with Crippen molar-refractivity contribution in [1.29, 1.82) is 0 Å². The minimum absolute atomic E-state index is 0.0101. The van der Waals surface area contributed by atoms with E-state index in [-0.39, 0.29) is 35.2 Å². The van der Waals surface area contributed by atoms with Crippen molar-refractivity contribution in [3.8, 4) is 23.0 Å². The summed E-state index contributed by atoms with van der Waals surface area (Å²) >= 11 is 0. The molecule has 0 saturated carbocycles. The van der Waals surface area contributed by atoms with Crippen LogP contribution in [-0.2, 0) is 11.3 Å². The van der Waals surface area contributed by atoms with E-state index < -0.39 is 23.2 Å². The lowest BCUT2D eigenvalue weighted by Gasteiger charge is -2.12. The number of hydrogen-bond acceptors (Lipinski definition) is 8. The van der Waals surface area contributed by atoms with E-state index in [1.165, 1.54) is 39.5 Å². The van der Waals surface area contributed by atoms with Crippen molar-refractivity contribution in [3.05, 3.63) is 51.6 Å². The SMILES string of the molecule is COc1cc(C(=O)OCc2ccc(OC(F)F)c(OC)c2)c([N+](=O)[O-])cc1OC. The van der Waals surface area contributed by atoms with Gasteiger partial charge < -0.3 is 23.7 Å². The largest absolute Gasteiger partial charge is 0.493 e. The van der Waals surface area contributed by atoms with Crippen LogP contribution in [0.15, 0.2) is 30.3 Å². The Hall–Kier alpha value is -3.63. The van der Waals surface area contributed by atoms with E-state index in [0.717, 1.165) is 12.1 Å². The summed E-state index contributed by atoms with van der Waals surface area (Å²) in [5.41, 5.74) is -0.469. The summed E-state index contributed by atoms with van der Waals surface area (Å²) in [6, 6.07) is 6.14. The first kappa shape index (κ1) is 21.7. The summed E-state index contributed by atoms with van der Waals surface area (Å²) in [5, 5.41) is 11.3. The van der Waals surface area contributed by atoms with Crippen molar-refractivity contribution >= 4 is 11.7 Å². The molecule has 0 aliphatic carbocycles. The third-order valence-electron chi connectivity index (χ3n) is 3.73. The van der Waals surface area contributed by atoms with Gasteiger partial charge in [-0.1, -0.05) is 6.07 Å². The Bertz CT molecular complexity index is 904. The Balaban J connectivity index is 2.24. The van der Waals surface area contributed by atoms with E-state index in [1.807, 2.05) is 0 Å². The first-order valence-corrected chi connectivity index (χ1v) is 8.00. The van der Waals surface area contributed by atoms with E-state index in [0.29, 0.717) is 5.56 Å². The predicted molar refractivity (Wildman–Crippen MR) is 94.9 cm³/mol. The van der Waals surface area contributed by atoms with Crippen LogP contribution in [0.1, 0.15) is 15.9 Å². The Morgan fingerprint density at radius 3 is 2.14 bits per heavy atom. The normalized spacial score (nSPS) is 10.4. The number of nitro benzene ring substituents is 1. The van der Waals surface area contributed by atoms with Crippen molar-refractivity contribution < 1.29 is 42.2 Å². The van der Waals surface area contributed by atoms with Gasteiger partial charge in [0, 0.05) is 6.07 Å². The van der Waals surface area contributed by atoms with Gasteiger partial charge in [0.05, 0.1) is 32.3 Å². The number of halogens is 2. The maximum Gasteiger partial charge on any atom is 0.387 e. The molecule has 11 heteroatoms. The number of esters is 1. The van der Waals surface area contributed by atoms with Gasteiger partial charge in [-0.3, -0.25) is 10.1 Å². The summed E-state index contributed by atoms with van der Waals surface area (Å²) in [6.07, 6.45) is 0. The molecule has 2 rings (SSSR count). The van der Waals surface area contributed by atoms with E-state index in [2.05, 4.69) is 4.74 Å². The molecule has 0 fully saturated rings. The second-order valence-corrected chi connectivity index (χ2v) is 5.42. The number of hydrogen-bond donors (Lipinski definition) is 0. The average Bonchev–Trinajstić information content (AvgIpc) is 2.71. The maximum atomic E-state index is 12.4. The summed E-state index contributed by atoms with van der Waals surface area (Å²) in [6.45, 7) is -3.33. The highest BCUT2D eigenvalue weighted by Gasteiger charge is 2.26. The molecule has 0 unspecified atom stereocenters. The van der Waals surface area contributed by atoms with Crippen LogP contribution in [0.25, 0.3) is 0 Å². The topological polar surface area (TPSA) is 106 Å². The molecule has 0 saturated heterocycles. The van der Waals surface area contributed by atoms with E-state index in [4.69, 9.17) is 18.9 Å². The number of alkyl halides is 2. The number of ether oxygens (including phenoxy) is 5. The van der Waals surface area contributed by atoms with Crippen molar-refractivity contribution in [2.45, 2.75) is 13.2 Å². The van der Waals surface area contributed by atoms with Gasteiger partial charge >= 0.3 is 12.6 Å². The zero-order chi connectivity index (χ0) is 21.6. The average molecular weight is 413 g/mol. The van der Waals surface area contributed by atoms with Crippen molar-refractivity contribution in [1.82, 2.24) is 0 Å². The highest BCUT2D eigenvalue weighted by Crippen LogP contribution is 2.35. The van der Waals surface area contributed by atoms with Gasteiger partial charge in [-0.25, -0.2) is 4.79 Å². The number of nitrogens with zero attached hydrogens (tertiary/aromatic N) is 1. The molecule has 0 amide bonds. The quantitative estimate of drug-likeness (QED) is 0.349. The number of nitro groups is 1. The number of benzene rings is 2. The monoisotopic (exact) mass is 413 g/mol. The highest BCUT2D eigenvalue weighted by atomic mass is 19.3. The van der Waals surface area contributed by atoms with Gasteiger partial charge in [0.2, 0.25) is 0 Å². The molecule has 0 aliphatic heterocycles. The molecule has 0 radical (unpaired) electrons. The number of carbonyl (C=O) groups is 1. The van der Waals surface area contributed by atoms with E-state index in [9.17, 15) is 23.7 Å². The first-order chi connectivity index (χ1) is 13.8. The lowest BCUT2D eigenvalue weighted by atomic mass is 10.1. The van der Waals surface area contributed by atoms with Gasteiger partial charge in [0.1, 0.15) is 12.2 Å². The molecular weight excluding hydrogens is 396 g/mol.